The van der Waals surface area contributed by atoms with E-state index in [-0.39, 0.29) is 11.5 Å². The van der Waals surface area contributed by atoms with Crippen molar-refractivity contribution in [1.82, 2.24) is 14.9 Å². The molecule has 0 amide bonds. The van der Waals surface area contributed by atoms with Gasteiger partial charge in [-0.25, -0.2) is 4.98 Å². The Balaban J connectivity index is 1.30. The van der Waals surface area contributed by atoms with E-state index < -0.39 is 0 Å². The Hall–Kier alpha value is -3.48. The van der Waals surface area contributed by atoms with Crippen molar-refractivity contribution in [2.24, 2.45) is 5.92 Å². The highest BCUT2D eigenvalue weighted by Gasteiger charge is 2.32. The summed E-state index contributed by atoms with van der Waals surface area (Å²) < 4.78 is 11.7. The topological polar surface area (TPSA) is 71.6 Å². The minimum absolute atomic E-state index is 0.169. The Labute approximate surface area is 212 Å². The van der Waals surface area contributed by atoms with Crippen molar-refractivity contribution in [3.8, 4) is 17.2 Å². The summed E-state index contributed by atoms with van der Waals surface area (Å²) in [6, 6.07) is 22.8. The molecule has 1 aliphatic heterocycles. The van der Waals surface area contributed by atoms with Crippen LogP contribution in [0.4, 0.5) is 0 Å². The highest BCUT2D eigenvalue weighted by Crippen LogP contribution is 2.40. The molecular formula is C30H33N3O3. The van der Waals surface area contributed by atoms with Crippen molar-refractivity contribution in [2.45, 2.75) is 45.4 Å². The number of pyridine rings is 1. The molecule has 1 atom stereocenters. The number of β-amino-alcohol motifs (C(OH)–C–C–N with tert-alkyl or cyclic N) is 1. The van der Waals surface area contributed by atoms with Gasteiger partial charge >= 0.3 is 0 Å². The molecular weight excluding hydrogens is 450 g/mol. The second-order valence-electron chi connectivity index (χ2n) is 10.1. The summed E-state index contributed by atoms with van der Waals surface area (Å²) in [7, 11) is 0. The van der Waals surface area contributed by atoms with E-state index in [1.54, 1.807) is 12.5 Å². The third-order valence-electron chi connectivity index (χ3n) is 7.33. The first-order chi connectivity index (χ1) is 17.4. The van der Waals surface area contributed by atoms with Crippen LogP contribution in [-0.4, -0.2) is 39.2 Å². The predicted molar refractivity (Wildman–Crippen MR) is 140 cm³/mol. The molecule has 36 heavy (non-hydrogen) atoms. The van der Waals surface area contributed by atoms with Crippen LogP contribution in [0.3, 0.4) is 0 Å². The second kappa shape index (κ2) is 10.2. The minimum atomic E-state index is -0.213. The van der Waals surface area contributed by atoms with Gasteiger partial charge in [0, 0.05) is 36.8 Å². The van der Waals surface area contributed by atoms with E-state index in [4.69, 9.17) is 9.15 Å². The normalized spacial score (nSPS) is 16.0. The van der Waals surface area contributed by atoms with Crippen LogP contribution in [0.25, 0.3) is 11.5 Å². The summed E-state index contributed by atoms with van der Waals surface area (Å²) in [6.07, 6.45) is 3.28. The Kier molecular flexibility index (Phi) is 6.90. The van der Waals surface area contributed by atoms with E-state index in [1.807, 2.05) is 30.3 Å². The molecule has 1 saturated heterocycles. The molecule has 6 nitrogen and oxygen atoms in total. The Morgan fingerprint density at radius 2 is 1.69 bits per heavy atom. The average molecular weight is 484 g/mol. The van der Waals surface area contributed by atoms with Crippen LogP contribution in [0.15, 0.2) is 83.6 Å². The maximum Gasteiger partial charge on any atom is 0.226 e. The molecule has 2 aromatic heterocycles. The summed E-state index contributed by atoms with van der Waals surface area (Å²) in [5.74, 6) is 1.83. The molecule has 2 aromatic carbocycles. The molecule has 0 aliphatic carbocycles. The molecule has 1 N–H and O–H groups in total. The van der Waals surface area contributed by atoms with Gasteiger partial charge in [-0.2, -0.15) is 0 Å². The fourth-order valence-electron chi connectivity index (χ4n) is 4.74. The molecule has 0 bridgehead atoms. The smallest absolute Gasteiger partial charge is 0.226 e. The molecule has 1 aliphatic rings. The van der Waals surface area contributed by atoms with Crippen molar-refractivity contribution < 1.29 is 14.3 Å². The van der Waals surface area contributed by atoms with E-state index in [1.165, 1.54) is 11.1 Å². The number of likely N-dealkylation sites (tertiary alicyclic amines) is 1. The summed E-state index contributed by atoms with van der Waals surface area (Å²) >= 11 is 0. The fourth-order valence-corrected chi connectivity index (χ4v) is 4.74. The largest absolute Gasteiger partial charge is 0.487 e. The summed E-state index contributed by atoms with van der Waals surface area (Å²) in [5, 5.41) is 9.48. The van der Waals surface area contributed by atoms with Crippen molar-refractivity contribution in [3.63, 3.8) is 0 Å². The lowest BCUT2D eigenvalue weighted by Crippen LogP contribution is -2.49. The van der Waals surface area contributed by atoms with Gasteiger partial charge in [-0.05, 0) is 53.4 Å². The maximum atomic E-state index is 9.48. The van der Waals surface area contributed by atoms with Gasteiger partial charge in [-0.3, -0.25) is 9.88 Å². The number of ether oxygens (including phenoxy) is 1. The minimum Gasteiger partial charge on any atom is -0.487 e. The van der Waals surface area contributed by atoms with Crippen LogP contribution in [0.5, 0.6) is 5.75 Å². The number of benzene rings is 2. The standard InChI is InChI=1S/C30H33N3O3/c1-21(2)30(3,24-11-13-28(14-12-24)35-19-25-6-4-5-15-31-25)23-9-7-22(8-10-23)29-32-26(20-36-29)16-33-17-27(34)18-33/h4-15,20-21,27,34H,16-19H2,1-3H3. The highest BCUT2D eigenvalue weighted by molar-refractivity contribution is 5.55. The first kappa shape index (κ1) is 24.2. The zero-order valence-electron chi connectivity index (χ0n) is 21.1. The number of aliphatic hydroxyl groups is 1. The molecule has 5 rings (SSSR count). The van der Waals surface area contributed by atoms with Crippen LogP contribution < -0.4 is 4.74 Å². The lowest BCUT2D eigenvalue weighted by molar-refractivity contribution is -0.00355. The van der Waals surface area contributed by atoms with Crippen LogP contribution in [0, 0.1) is 5.92 Å². The average Bonchev–Trinajstić information content (AvgIpc) is 3.36. The van der Waals surface area contributed by atoms with Crippen LogP contribution >= 0.6 is 0 Å². The maximum absolute atomic E-state index is 9.48. The van der Waals surface area contributed by atoms with Gasteiger partial charge in [-0.1, -0.05) is 51.1 Å². The zero-order valence-corrected chi connectivity index (χ0v) is 21.1. The Morgan fingerprint density at radius 3 is 2.31 bits per heavy atom. The van der Waals surface area contributed by atoms with Gasteiger partial charge in [0.2, 0.25) is 5.89 Å². The molecule has 6 heteroatoms. The van der Waals surface area contributed by atoms with Gasteiger partial charge in [0.05, 0.1) is 17.5 Å². The highest BCUT2D eigenvalue weighted by atomic mass is 16.5. The molecule has 4 aromatic rings. The van der Waals surface area contributed by atoms with Gasteiger partial charge in [0.25, 0.3) is 0 Å². The quantitative estimate of drug-likeness (QED) is 0.341. The van der Waals surface area contributed by atoms with E-state index in [2.05, 4.69) is 72.0 Å². The predicted octanol–water partition coefficient (Wildman–Crippen LogP) is 5.45. The molecule has 0 saturated carbocycles. The van der Waals surface area contributed by atoms with Crippen molar-refractivity contribution in [2.75, 3.05) is 13.1 Å². The number of nitrogens with zero attached hydrogens (tertiary/aromatic N) is 3. The Bertz CT molecular complexity index is 1260. The molecule has 3 heterocycles. The van der Waals surface area contributed by atoms with Crippen molar-refractivity contribution >= 4 is 0 Å². The fraction of sp³-hybridized carbons (Fsp3) is 0.333. The van der Waals surface area contributed by atoms with Crippen molar-refractivity contribution in [3.05, 3.63) is 102 Å². The van der Waals surface area contributed by atoms with E-state index in [0.717, 1.165) is 22.7 Å². The van der Waals surface area contributed by atoms with E-state index >= 15 is 0 Å². The number of rotatable bonds is 9. The molecule has 186 valence electrons. The Morgan fingerprint density at radius 1 is 1.00 bits per heavy atom. The van der Waals surface area contributed by atoms with Crippen LogP contribution in [-0.2, 0) is 18.6 Å². The monoisotopic (exact) mass is 483 g/mol. The van der Waals surface area contributed by atoms with E-state index in [9.17, 15) is 5.11 Å². The first-order valence-corrected chi connectivity index (χ1v) is 12.5. The van der Waals surface area contributed by atoms with Gasteiger partial charge < -0.3 is 14.3 Å². The van der Waals surface area contributed by atoms with Crippen LogP contribution in [0.1, 0.15) is 43.3 Å². The van der Waals surface area contributed by atoms with Gasteiger partial charge in [-0.15, -0.1) is 0 Å². The lowest BCUT2D eigenvalue weighted by Gasteiger charge is -2.35. The van der Waals surface area contributed by atoms with E-state index in [0.29, 0.717) is 38.0 Å². The number of hydrogen-bond donors (Lipinski definition) is 1. The summed E-state index contributed by atoms with van der Waals surface area (Å²) in [5.41, 5.74) is 5.07. The molecule has 0 spiro atoms. The first-order valence-electron chi connectivity index (χ1n) is 12.5. The molecule has 0 radical (unpaired) electrons. The number of oxazole rings is 1. The number of hydrogen-bond acceptors (Lipinski definition) is 6. The molecule has 1 unspecified atom stereocenters. The summed E-state index contributed by atoms with van der Waals surface area (Å²) in [4.78, 5) is 11.1. The zero-order chi connectivity index (χ0) is 25.1. The SMILES string of the molecule is CC(C)C(C)(c1ccc(OCc2ccccn2)cc1)c1ccc(-c2nc(CN3CC(O)C3)co2)cc1. The van der Waals surface area contributed by atoms with Gasteiger partial charge in [0.15, 0.2) is 0 Å². The third kappa shape index (κ3) is 5.06. The molecule has 1 fully saturated rings. The number of aliphatic hydroxyl groups excluding tert-OH is 1. The van der Waals surface area contributed by atoms with Crippen molar-refractivity contribution in [1.29, 1.82) is 0 Å². The third-order valence-corrected chi connectivity index (χ3v) is 7.33. The second-order valence-corrected chi connectivity index (χ2v) is 10.1. The van der Waals surface area contributed by atoms with Crippen LogP contribution in [0.2, 0.25) is 0 Å². The number of aromatic nitrogens is 2. The van der Waals surface area contributed by atoms with Gasteiger partial charge in [0.1, 0.15) is 18.6 Å². The lowest BCUT2D eigenvalue weighted by atomic mass is 9.68. The summed E-state index contributed by atoms with van der Waals surface area (Å²) in [6.45, 7) is 9.35.